The molecule has 1 fully saturated rings. The van der Waals surface area contributed by atoms with Crippen LogP contribution in [0.15, 0.2) is 48.5 Å². The Bertz CT molecular complexity index is 879. The summed E-state index contributed by atoms with van der Waals surface area (Å²) in [6, 6.07) is 14.2. The second kappa shape index (κ2) is 7.61. The van der Waals surface area contributed by atoms with Gasteiger partial charge in [-0.15, -0.1) is 0 Å². The number of rotatable bonds is 5. The van der Waals surface area contributed by atoms with Gasteiger partial charge in [-0.3, -0.25) is 9.59 Å². The summed E-state index contributed by atoms with van der Waals surface area (Å²) in [7, 11) is 0. The van der Waals surface area contributed by atoms with Gasteiger partial charge in [0.05, 0.1) is 17.5 Å². The van der Waals surface area contributed by atoms with E-state index in [-0.39, 0.29) is 29.8 Å². The van der Waals surface area contributed by atoms with Gasteiger partial charge in [0.25, 0.3) is 0 Å². The van der Waals surface area contributed by atoms with Gasteiger partial charge in [0.15, 0.2) is 0 Å². The van der Waals surface area contributed by atoms with E-state index in [2.05, 4.69) is 5.32 Å². The van der Waals surface area contributed by atoms with Crippen molar-refractivity contribution in [1.29, 1.82) is 0 Å². The Morgan fingerprint density at radius 1 is 1.19 bits per heavy atom. The van der Waals surface area contributed by atoms with Gasteiger partial charge in [-0.05, 0) is 37.1 Å². The van der Waals surface area contributed by atoms with Crippen LogP contribution in [-0.2, 0) is 9.59 Å². The molecule has 0 bridgehead atoms. The maximum atomic E-state index is 12.7. The highest BCUT2D eigenvalue weighted by Crippen LogP contribution is 2.29. The standard InChI is InChI=1S/C21H22N2O4/c1-13-8-9-16(21(26)27)10-18(13)22-20(25)17-11-19(24)23(12-17)14(2)15-6-4-3-5-7-15/h3-10,14,17H,11-12H2,1-2H3,(H,22,25)(H,26,27). The molecular formula is C21H22N2O4. The molecule has 0 saturated carbocycles. The SMILES string of the molecule is Cc1ccc(C(=O)O)cc1NC(=O)C1CC(=O)N(C(C)c2ccccc2)C1. The Morgan fingerprint density at radius 2 is 1.89 bits per heavy atom. The van der Waals surface area contributed by atoms with Crippen LogP contribution in [0.4, 0.5) is 5.69 Å². The lowest BCUT2D eigenvalue weighted by atomic mass is 10.1. The van der Waals surface area contributed by atoms with E-state index in [0.29, 0.717) is 12.2 Å². The Balaban J connectivity index is 1.71. The second-order valence-corrected chi connectivity index (χ2v) is 6.86. The molecule has 2 N–H and O–H groups in total. The number of amides is 2. The smallest absolute Gasteiger partial charge is 0.335 e. The highest BCUT2D eigenvalue weighted by atomic mass is 16.4. The average molecular weight is 366 g/mol. The summed E-state index contributed by atoms with van der Waals surface area (Å²) < 4.78 is 0. The van der Waals surface area contributed by atoms with Crippen molar-refractivity contribution in [2.45, 2.75) is 26.3 Å². The zero-order valence-corrected chi connectivity index (χ0v) is 15.3. The Labute approximate surface area is 157 Å². The van der Waals surface area contributed by atoms with E-state index in [1.807, 2.05) is 37.3 Å². The van der Waals surface area contributed by atoms with Crippen LogP contribution in [0.2, 0.25) is 0 Å². The third kappa shape index (κ3) is 4.00. The molecule has 2 amide bonds. The van der Waals surface area contributed by atoms with Crippen LogP contribution in [0.5, 0.6) is 0 Å². The van der Waals surface area contributed by atoms with Crippen LogP contribution in [0, 0.1) is 12.8 Å². The molecule has 2 aromatic carbocycles. The molecule has 6 nitrogen and oxygen atoms in total. The van der Waals surface area contributed by atoms with Crippen molar-refractivity contribution in [3.05, 3.63) is 65.2 Å². The topological polar surface area (TPSA) is 86.7 Å². The molecule has 0 spiro atoms. The van der Waals surface area contributed by atoms with Crippen LogP contribution >= 0.6 is 0 Å². The maximum Gasteiger partial charge on any atom is 0.335 e. The molecule has 140 valence electrons. The highest BCUT2D eigenvalue weighted by molar-refractivity contribution is 5.99. The van der Waals surface area contributed by atoms with E-state index in [1.165, 1.54) is 12.1 Å². The number of carbonyl (C=O) groups excluding carboxylic acids is 2. The first-order chi connectivity index (χ1) is 12.9. The van der Waals surface area contributed by atoms with Crippen LogP contribution in [0.25, 0.3) is 0 Å². The van der Waals surface area contributed by atoms with Crippen molar-refractivity contribution in [3.8, 4) is 0 Å². The third-order valence-electron chi connectivity index (χ3n) is 5.02. The number of carboxylic acid groups (broad SMARTS) is 1. The fraction of sp³-hybridized carbons (Fsp3) is 0.286. The van der Waals surface area contributed by atoms with Crippen molar-refractivity contribution in [2.24, 2.45) is 5.92 Å². The van der Waals surface area contributed by atoms with Gasteiger partial charge < -0.3 is 15.3 Å². The number of aryl methyl sites for hydroxylation is 1. The van der Waals surface area contributed by atoms with E-state index in [4.69, 9.17) is 5.11 Å². The lowest BCUT2D eigenvalue weighted by molar-refractivity contribution is -0.129. The largest absolute Gasteiger partial charge is 0.478 e. The number of nitrogens with one attached hydrogen (secondary N) is 1. The number of likely N-dealkylation sites (tertiary alicyclic amines) is 1. The van der Waals surface area contributed by atoms with Gasteiger partial charge in [0.2, 0.25) is 11.8 Å². The first-order valence-electron chi connectivity index (χ1n) is 8.86. The molecular weight excluding hydrogens is 344 g/mol. The fourth-order valence-corrected chi connectivity index (χ4v) is 3.32. The van der Waals surface area contributed by atoms with Crippen molar-refractivity contribution < 1.29 is 19.5 Å². The van der Waals surface area contributed by atoms with E-state index >= 15 is 0 Å². The summed E-state index contributed by atoms with van der Waals surface area (Å²) in [5, 5.41) is 11.9. The first kappa shape index (κ1) is 18.6. The summed E-state index contributed by atoms with van der Waals surface area (Å²) in [5.41, 5.74) is 2.36. The van der Waals surface area contributed by atoms with Crippen molar-refractivity contribution in [1.82, 2.24) is 4.90 Å². The molecule has 3 rings (SSSR count). The predicted octanol–water partition coefficient (Wildman–Crippen LogP) is 3.24. The Hall–Kier alpha value is -3.15. The van der Waals surface area contributed by atoms with Gasteiger partial charge in [-0.2, -0.15) is 0 Å². The van der Waals surface area contributed by atoms with Crippen LogP contribution in [-0.4, -0.2) is 34.3 Å². The molecule has 2 aromatic rings. The van der Waals surface area contributed by atoms with Gasteiger partial charge in [-0.25, -0.2) is 4.79 Å². The lowest BCUT2D eigenvalue weighted by Crippen LogP contribution is -2.30. The number of benzene rings is 2. The highest BCUT2D eigenvalue weighted by Gasteiger charge is 2.37. The third-order valence-corrected chi connectivity index (χ3v) is 5.02. The van der Waals surface area contributed by atoms with E-state index in [0.717, 1.165) is 11.1 Å². The summed E-state index contributed by atoms with van der Waals surface area (Å²) in [6.07, 6.45) is 0.153. The molecule has 1 aliphatic heterocycles. The fourth-order valence-electron chi connectivity index (χ4n) is 3.32. The van der Waals surface area contributed by atoms with Gasteiger partial charge >= 0.3 is 5.97 Å². The Kier molecular flexibility index (Phi) is 5.26. The molecule has 1 saturated heterocycles. The number of anilines is 1. The first-order valence-corrected chi connectivity index (χ1v) is 8.86. The molecule has 0 aromatic heterocycles. The van der Waals surface area contributed by atoms with Crippen molar-refractivity contribution in [3.63, 3.8) is 0 Å². The number of aromatic carboxylic acids is 1. The molecule has 2 unspecified atom stereocenters. The predicted molar refractivity (Wildman–Crippen MR) is 101 cm³/mol. The van der Waals surface area contributed by atoms with Gasteiger partial charge in [-0.1, -0.05) is 36.4 Å². The summed E-state index contributed by atoms with van der Waals surface area (Å²) in [4.78, 5) is 38.0. The quantitative estimate of drug-likeness (QED) is 0.850. The van der Waals surface area contributed by atoms with Crippen LogP contribution in [0.3, 0.4) is 0 Å². The normalized spacial score (nSPS) is 17.6. The molecule has 1 aliphatic rings. The molecule has 0 radical (unpaired) electrons. The van der Waals surface area contributed by atoms with Crippen molar-refractivity contribution >= 4 is 23.5 Å². The summed E-state index contributed by atoms with van der Waals surface area (Å²) in [5.74, 6) is -1.83. The molecule has 2 atom stereocenters. The molecule has 6 heteroatoms. The minimum Gasteiger partial charge on any atom is -0.478 e. The van der Waals surface area contributed by atoms with E-state index < -0.39 is 11.9 Å². The molecule has 0 aliphatic carbocycles. The minimum atomic E-state index is -1.05. The maximum absolute atomic E-state index is 12.7. The number of carbonyl (C=O) groups is 3. The van der Waals surface area contributed by atoms with E-state index in [1.54, 1.807) is 17.9 Å². The van der Waals surface area contributed by atoms with Crippen LogP contribution < -0.4 is 5.32 Å². The zero-order valence-electron chi connectivity index (χ0n) is 15.3. The summed E-state index contributed by atoms with van der Waals surface area (Å²) in [6.45, 7) is 4.09. The Morgan fingerprint density at radius 3 is 2.56 bits per heavy atom. The number of hydrogen-bond acceptors (Lipinski definition) is 3. The monoisotopic (exact) mass is 366 g/mol. The number of nitrogens with zero attached hydrogens (tertiary/aromatic N) is 1. The number of hydrogen-bond donors (Lipinski definition) is 2. The van der Waals surface area contributed by atoms with Crippen molar-refractivity contribution in [2.75, 3.05) is 11.9 Å². The average Bonchev–Trinajstić information content (AvgIpc) is 3.05. The zero-order chi connectivity index (χ0) is 19.6. The summed E-state index contributed by atoms with van der Waals surface area (Å²) >= 11 is 0. The molecule has 27 heavy (non-hydrogen) atoms. The lowest BCUT2D eigenvalue weighted by Gasteiger charge is -2.25. The number of carboxylic acids is 1. The second-order valence-electron chi connectivity index (χ2n) is 6.86. The van der Waals surface area contributed by atoms with Gasteiger partial charge in [0, 0.05) is 18.7 Å². The van der Waals surface area contributed by atoms with Crippen LogP contribution in [0.1, 0.15) is 40.9 Å². The van der Waals surface area contributed by atoms with E-state index in [9.17, 15) is 14.4 Å². The minimum absolute atomic E-state index is 0.0532. The van der Waals surface area contributed by atoms with Gasteiger partial charge in [0.1, 0.15) is 0 Å². The molecule has 1 heterocycles.